The fourth-order valence-corrected chi connectivity index (χ4v) is 1.13. The second-order valence-corrected chi connectivity index (χ2v) is 3.54. The van der Waals surface area contributed by atoms with E-state index in [4.69, 9.17) is 22.4 Å². The van der Waals surface area contributed by atoms with Crippen molar-refractivity contribution in [2.75, 3.05) is 12.3 Å². The molecule has 82 valence electrons. The molecule has 1 amide bonds. The SMILES string of the molecule is CC(O)CNC(=O)c1cc(Cl)ncc1N. The van der Waals surface area contributed by atoms with Crippen LogP contribution in [-0.4, -0.2) is 28.6 Å². The number of nitrogens with two attached hydrogens (primary N) is 1. The predicted octanol–water partition coefficient (Wildman–Crippen LogP) is 0.428. The number of hydrogen-bond donors (Lipinski definition) is 3. The second-order valence-electron chi connectivity index (χ2n) is 3.15. The van der Waals surface area contributed by atoms with Crippen LogP contribution in [0.3, 0.4) is 0 Å². The minimum Gasteiger partial charge on any atom is -0.397 e. The third-order valence-corrected chi connectivity index (χ3v) is 1.91. The number of nitrogens with zero attached hydrogens (tertiary/aromatic N) is 1. The van der Waals surface area contributed by atoms with E-state index < -0.39 is 6.10 Å². The van der Waals surface area contributed by atoms with Gasteiger partial charge < -0.3 is 16.2 Å². The number of pyridine rings is 1. The number of rotatable bonds is 3. The normalized spacial score (nSPS) is 12.2. The topological polar surface area (TPSA) is 88.2 Å². The molecule has 0 spiro atoms. The van der Waals surface area contributed by atoms with Crippen LogP contribution in [0.5, 0.6) is 0 Å². The highest BCUT2D eigenvalue weighted by atomic mass is 35.5. The maximum absolute atomic E-state index is 11.5. The first kappa shape index (κ1) is 11.7. The van der Waals surface area contributed by atoms with Crippen LogP contribution in [0.2, 0.25) is 5.15 Å². The van der Waals surface area contributed by atoms with Crippen LogP contribution in [-0.2, 0) is 0 Å². The monoisotopic (exact) mass is 229 g/mol. The zero-order valence-corrected chi connectivity index (χ0v) is 8.95. The molecule has 0 aliphatic heterocycles. The summed E-state index contributed by atoms with van der Waals surface area (Å²) in [6.07, 6.45) is 0.715. The molecule has 0 fully saturated rings. The van der Waals surface area contributed by atoms with Gasteiger partial charge >= 0.3 is 0 Å². The Balaban J connectivity index is 2.77. The van der Waals surface area contributed by atoms with Gasteiger partial charge in [0.2, 0.25) is 0 Å². The summed E-state index contributed by atoms with van der Waals surface area (Å²) in [7, 11) is 0. The Bertz CT molecular complexity index is 368. The molecule has 0 aliphatic carbocycles. The fraction of sp³-hybridized carbons (Fsp3) is 0.333. The quantitative estimate of drug-likeness (QED) is 0.656. The fourth-order valence-electron chi connectivity index (χ4n) is 0.973. The van der Waals surface area contributed by atoms with E-state index in [1.165, 1.54) is 12.3 Å². The van der Waals surface area contributed by atoms with E-state index in [2.05, 4.69) is 10.3 Å². The summed E-state index contributed by atoms with van der Waals surface area (Å²) in [5, 5.41) is 11.7. The van der Waals surface area contributed by atoms with Gasteiger partial charge in [-0.15, -0.1) is 0 Å². The largest absolute Gasteiger partial charge is 0.397 e. The zero-order valence-electron chi connectivity index (χ0n) is 8.20. The molecule has 1 aromatic rings. The molecule has 1 heterocycles. The number of anilines is 1. The van der Waals surface area contributed by atoms with E-state index in [0.29, 0.717) is 0 Å². The van der Waals surface area contributed by atoms with Crippen LogP contribution >= 0.6 is 11.6 Å². The molecular formula is C9H12ClN3O2. The van der Waals surface area contributed by atoms with Gasteiger partial charge in [0.1, 0.15) is 5.15 Å². The molecule has 1 aromatic heterocycles. The van der Waals surface area contributed by atoms with Crippen LogP contribution in [0.25, 0.3) is 0 Å². The maximum Gasteiger partial charge on any atom is 0.253 e. The number of aromatic nitrogens is 1. The number of nitrogen functional groups attached to an aromatic ring is 1. The van der Waals surface area contributed by atoms with Crippen LogP contribution in [0.1, 0.15) is 17.3 Å². The summed E-state index contributed by atoms with van der Waals surface area (Å²) in [4.78, 5) is 15.3. The summed E-state index contributed by atoms with van der Waals surface area (Å²) in [6, 6.07) is 1.38. The minimum absolute atomic E-state index is 0.165. The minimum atomic E-state index is -0.604. The number of amides is 1. The Hall–Kier alpha value is -1.33. The van der Waals surface area contributed by atoms with Gasteiger partial charge in [0.25, 0.3) is 5.91 Å². The van der Waals surface area contributed by atoms with Gasteiger partial charge in [-0.05, 0) is 13.0 Å². The lowest BCUT2D eigenvalue weighted by Gasteiger charge is -2.08. The lowest BCUT2D eigenvalue weighted by Crippen LogP contribution is -2.31. The summed E-state index contributed by atoms with van der Waals surface area (Å²) in [5.41, 5.74) is 6.06. The predicted molar refractivity (Wildman–Crippen MR) is 57.7 cm³/mol. The summed E-state index contributed by atoms with van der Waals surface area (Å²) in [5.74, 6) is -0.377. The second kappa shape index (κ2) is 4.95. The Morgan fingerprint density at radius 1 is 1.80 bits per heavy atom. The van der Waals surface area contributed by atoms with Gasteiger partial charge in [0, 0.05) is 6.54 Å². The van der Waals surface area contributed by atoms with E-state index in [-0.39, 0.29) is 28.9 Å². The van der Waals surface area contributed by atoms with Crippen LogP contribution < -0.4 is 11.1 Å². The van der Waals surface area contributed by atoms with Gasteiger partial charge in [-0.3, -0.25) is 4.79 Å². The van der Waals surface area contributed by atoms with Crippen molar-refractivity contribution in [1.82, 2.24) is 10.3 Å². The lowest BCUT2D eigenvalue weighted by atomic mass is 10.2. The summed E-state index contributed by atoms with van der Waals surface area (Å²) >= 11 is 5.63. The van der Waals surface area contributed by atoms with E-state index in [0.717, 1.165) is 0 Å². The molecule has 0 saturated carbocycles. The molecule has 0 saturated heterocycles. The van der Waals surface area contributed by atoms with Crippen LogP contribution in [0.4, 0.5) is 5.69 Å². The highest BCUT2D eigenvalue weighted by Gasteiger charge is 2.11. The number of halogens is 1. The van der Waals surface area contributed by atoms with Crippen LogP contribution in [0, 0.1) is 0 Å². The van der Waals surface area contributed by atoms with E-state index in [9.17, 15) is 4.79 Å². The highest BCUT2D eigenvalue weighted by molar-refractivity contribution is 6.29. The smallest absolute Gasteiger partial charge is 0.253 e. The number of aliphatic hydroxyl groups excluding tert-OH is 1. The van der Waals surface area contributed by atoms with Gasteiger partial charge in [0.05, 0.1) is 23.6 Å². The van der Waals surface area contributed by atoms with Gasteiger partial charge in [-0.2, -0.15) is 0 Å². The third-order valence-electron chi connectivity index (χ3n) is 1.70. The van der Waals surface area contributed by atoms with Gasteiger partial charge in [-0.1, -0.05) is 11.6 Å². The Morgan fingerprint density at radius 2 is 2.47 bits per heavy atom. The number of hydrogen-bond acceptors (Lipinski definition) is 4. The first-order valence-electron chi connectivity index (χ1n) is 4.38. The average molecular weight is 230 g/mol. The third kappa shape index (κ3) is 3.38. The average Bonchev–Trinajstić information content (AvgIpc) is 2.18. The van der Waals surface area contributed by atoms with Crippen molar-refractivity contribution in [3.8, 4) is 0 Å². The van der Waals surface area contributed by atoms with Crippen molar-refractivity contribution in [3.05, 3.63) is 23.0 Å². The standard InChI is InChI=1S/C9H12ClN3O2/c1-5(14)3-13-9(15)6-2-8(10)12-4-7(6)11/h2,4-5,14H,3,11H2,1H3,(H,13,15). The van der Waals surface area contributed by atoms with Gasteiger partial charge in [0.15, 0.2) is 0 Å². The first-order valence-corrected chi connectivity index (χ1v) is 4.75. The van der Waals surface area contributed by atoms with Crippen molar-refractivity contribution < 1.29 is 9.90 Å². The number of nitrogens with one attached hydrogen (secondary N) is 1. The van der Waals surface area contributed by atoms with Crippen molar-refractivity contribution >= 4 is 23.2 Å². The molecule has 15 heavy (non-hydrogen) atoms. The van der Waals surface area contributed by atoms with Crippen molar-refractivity contribution in [1.29, 1.82) is 0 Å². The van der Waals surface area contributed by atoms with E-state index in [1.54, 1.807) is 6.92 Å². The molecule has 1 rings (SSSR count). The maximum atomic E-state index is 11.5. The zero-order chi connectivity index (χ0) is 11.4. The molecule has 0 aromatic carbocycles. The Kier molecular flexibility index (Phi) is 3.88. The molecule has 1 atom stereocenters. The number of carbonyl (C=O) groups excluding carboxylic acids is 1. The van der Waals surface area contributed by atoms with Crippen molar-refractivity contribution in [3.63, 3.8) is 0 Å². The Labute approximate surface area is 92.3 Å². The molecule has 0 aliphatic rings. The Morgan fingerprint density at radius 3 is 3.07 bits per heavy atom. The van der Waals surface area contributed by atoms with Crippen molar-refractivity contribution in [2.24, 2.45) is 0 Å². The lowest BCUT2D eigenvalue weighted by molar-refractivity contribution is 0.0925. The molecule has 0 bridgehead atoms. The number of carbonyl (C=O) groups is 1. The van der Waals surface area contributed by atoms with Gasteiger partial charge in [-0.25, -0.2) is 4.98 Å². The highest BCUT2D eigenvalue weighted by Crippen LogP contribution is 2.14. The number of aliphatic hydroxyl groups is 1. The summed E-state index contributed by atoms with van der Waals surface area (Å²) in [6.45, 7) is 1.74. The van der Waals surface area contributed by atoms with Crippen molar-refractivity contribution in [2.45, 2.75) is 13.0 Å². The molecule has 4 N–H and O–H groups in total. The van der Waals surface area contributed by atoms with Crippen LogP contribution in [0.15, 0.2) is 12.3 Å². The van der Waals surface area contributed by atoms with E-state index in [1.807, 2.05) is 0 Å². The summed E-state index contributed by atoms with van der Waals surface area (Å²) < 4.78 is 0. The molecule has 0 radical (unpaired) electrons. The first-order chi connectivity index (χ1) is 7.00. The molecule has 5 nitrogen and oxygen atoms in total. The molecular weight excluding hydrogens is 218 g/mol. The molecule has 1 unspecified atom stereocenters. The van der Waals surface area contributed by atoms with E-state index >= 15 is 0 Å². The molecule has 6 heteroatoms.